The number of hydrogen-bond acceptors (Lipinski definition) is 5. The summed E-state index contributed by atoms with van der Waals surface area (Å²) in [6, 6.07) is 8.82. The second-order valence-electron chi connectivity index (χ2n) is 4.29. The topological polar surface area (TPSA) is 81.9 Å². The van der Waals surface area contributed by atoms with E-state index in [0.717, 1.165) is 5.56 Å². The Hall–Kier alpha value is -1.79. The third-order valence-electron chi connectivity index (χ3n) is 2.89. The highest BCUT2D eigenvalue weighted by molar-refractivity contribution is 8.13. The van der Waals surface area contributed by atoms with Gasteiger partial charge in [-0.2, -0.15) is 0 Å². The summed E-state index contributed by atoms with van der Waals surface area (Å²) in [6.45, 7) is 1.78. The number of hydrogen-bond donors (Lipinski definition) is 3. The molecule has 1 heterocycles. The molecule has 0 saturated carbocycles. The van der Waals surface area contributed by atoms with Gasteiger partial charge in [-0.25, -0.2) is 9.79 Å². The molecule has 0 bridgehead atoms. The molecule has 3 N–H and O–H groups in total. The van der Waals surface area contributed by atoms with Crippen molar-refractivity contribution in [2.75, 3.05) is 12.4 Å². The molecule has 0 saturated heterocycles. The number of benzene rings is 1. The number of carboxylic acids is 1. The van der Waals surface area contributed by atoms with Gasteiger partial charge in [-0.1, -0.05) is 42.1 Å². The Morgan fingerprint density at radius 3 is 2.70 bits per heavy atom. The molecule has 0 aliphatic carbocycles. The number of carboxylic acid groups (broad SMARTS) is 1. The Balaban J connectivity index is 2.37. The van der Waals surface area contributed by atoms with E-state index in [1.54, 1.807) is 6.92 Å². The lowest BCUT2D eigenvalue weighted by atomic mass is 9.97. The van der Waals surface area contributed by atoms with Crippen LogP contribution in [-0.2, 0) is 4.79 Å². The van der Waals surface area contributed by atoms with Crippen LogP contribution in [0.2, 0.25) is 0 Å². The van der Waals surface area contributed by atoms with Crippen LogP contribution in [0.5, 0.6) is 0 Å². The third-order valence-corrected chi connectivity index (χ3v) is 3.76. The van der Waals surface area contributed by atoms with Crippen LogP contribution in [0, 0.1) is 0 Å². The van der Waals surface area contributed by atoms with Crippen LogP contribution in [-0.4, -0.2) is 33.7 Å². The van der Waals surface area contributed by atoms with Crippen molar-refractivity contribution in [3.05, 3.63) is 47.2 Å². The van der Waals surface area contributed by atoms with Gasteiger partial charge in [0.15, 0.2) is 5.17 Å². The van der Waals surface area contributed by atoms with Gasteiger partial charge in [0, 0.05) is 11.4 Å². The molecule has 1 aromatic rings. The van der Waals surface area contributed by atoms with E-state index in [1.807, 2.05) is 30.3 Å². The molecule has 106 valence electrons. The summed E-state index contributed by atoms with van der Waals surface area (Å²) in [5, 5.41) is 21.9. The molecule has 6 heteroatoms. The number of rotatable bonds is 4. The maximum atomic E-state index is 11.5. The number of nitrogens with one attached hydrogen (secondary N) is 1. The van der Waals surface area contributed by atoms with Crippen LogP contribution < -0.4 is 5.32 Å². The Morgan fingerprint density at radius 1 is 1.40 bits per heavy atom. The first-order valence-corrected chi connectivity index (χ1v) is 7.19. The molecule has 1 unspecified atom stereocenters. The molecular formula is C14H16N2O3S. The number of nitrogens with zero attached hydrogens (tertiary/aromatic N) is 1. The maximum Gasteiger partial charge on any atom is 0.335 e. The number of allylic oxidation sites excluding steroid dienone is 1. The molecule has 1 aromatic carbocycles. The van der Waals surface area contributed by atoms with Crippen LogP contribution in [0.15, 0.2) is 46.6 Å². The van der Waals surface area contributed by atoms with Crippen molar-refractivity contribution in [1.29, 1.82) is 0 Å². The lowest BCUT2D eigenvalue weighted by Gasteiger charge is -2.24. The van der Waals surface area contributed by atoms with Crippen LogP contribution in [0.1, 0.15) is 18.5 Å². The van der Waals surface area contributed by atoms with Crippen LogP contribution in [0.3, 0.4) is 0 Å². The van der Waals surface area contributed by atoms with Gasteiger partial charge in [0.25, 0.3) is 0 Å². The number of carbonyl (C=O) groups is 1. The average molecular weight is 292 g/mol. The zero-order chi connectivity index (χ0) is 14.5. The fraction of sp³-hybridized carbons (Fsp3) is 0.286. The quantitative estimate of drug-likeness (QED) is 0.788. The van der Waals surface area contributed by atoms with Crippen molar-refractivity contribution in [2.24, 2.45) is 4.99 Å². The minimum absolute atomic E-state index is 0.0515. The number of aliphatic hydroxyl groups excluding tert-OH is 1. The molecule has 0 aromatic heterocycles. The van der Waals surface area contributed by atoms with Crippen molar-refractivity contribution >= 4 is 22.9 Å². The molecular weight excluding hydrogens is 276 g/mol. The van der Waals surface area contributed by atoms with Crippen molar-refractivity contribution in [1.82, 2.24) is 5.32 Å². The standard InChI is InChI=1S/C14H16N2O3S/c1-9-11(13(18)19)12(10-5-3-2-4-6-10)16-14(15-9)20-8-7-17/h2-6,12,17H,7-8H2,1H3,(H,15,16)(H,18,19). The molecule has 0 spiro atoms. The summed E-state index contributed by atoms with van der Waals surface area (Å²) in [5.41, 5.74) is 1.68. The van der Waals surface area contributed by atoms with E-state index < -0.39 is 12.0 Å². The highest BCUT2D eigenvalue weighted by atomic mass is 32.2. The second kappa shape index (κ2) is 6.58. The van der Waals surface area contributed by atoms with Gasteiger partial charge in [-0.15, -0.1) is 0 Å². The van der Waals surface area contributed by atoms with Crippen LogP contribution in [0.4, 0.5) is 0 Å². The lowest BCUT2D eigenvalue weighted by molar-refractivity contribution is -0.133. The van der Waals surface area contributed by atoms with Crippen LogP contribution >= 0.6 is 11.8 Å². The molecule has 1 aliphatic rings. The fourth-order valence-corrected chi connectivity index (χ4v) is 2.71. The monoisotopic (exact) mass is 292 g/mol. The van der Waals surface area contributed by atoms with Crippen molar-refractivity contribution in [2.45, 2.75) is 13.0 Å². The first-order valence-electron chi connectivity index (χ1n) is 6.21. The summed E-state index contributed by atoms with van der Waals surface area (Å²) in [4.78, 5) is 15.9. The number of amidine groups is 1. The Morgan fingerprint density at radius 2 is 2.10 bits per heavy atom. The summed E-state index contributed by atoms with van der Waals surface area (Å²) >= 11 is 1.38. The van der Waals surface area contributed by atoms with Gasteiger partial charge in [-0.3, -0.25) is 0 Å². The molecule has 1 aliphatic heterocycles. The molecule has 5 nitrogen and oxygen atoms in total. The minimum Gasteiger partial charge on any atom is -0.478 e. The molecule has 0 fully saturated rings. The zero-order valence-corrected chi connectivity index (χ0v) is 11.9. The second-order valence-corrected chi connectivity index (χ2v) is 5.37. The number of thioether (sulfide) groups is 1. The van der Waals surface area contributed by atoms with Crippen LogP contribution in [0.25, 0.3) is 0 Å². The molecule has 20 heavy (non-hydrogen) atoms. The average Bonchev–Trinajstić information content (AvgIpc) is 2.45. The molecule has 1 atom stereocenters. The van der Waals surface area contributed by atoms with E-state index >= 15 is 0 Å². The van der Waals surface area contributed by atoms with E-state index in [2.05, 4.69) is 10.3 Å². The Kier molecular flexibility index (Phi) is 4.81. The van der Waals surface area contributed by atoms with Gasteiger partial charge in [0.1, 0.15) is 6.04 Å². The minimum atomic E-state index is -0.973. The first-order chi connectivity index (χ1) is 9.63. The van der Waals surface area contributed by atoms with Crippen molar-refractivity contribution in [3.8, 4) is 0 Å². The Bertz CT molecular complexity index is 555. The summed E-state index contributed by atoms with van der Waals surface area (Å²) in [6.07, 6.45) is 0. The predicted octanol–water partition coefficient (Wildman–Crippen LogP) is 1.77. The molecule has 0 radical (unpaired) electrons. The van der Waals surface area contributed by atoms with E-state index in [-0.39, 0.29) is 12.2 Å². The first kappa shape index (κ1) is 14.6. The lowest BCUT2D eigenvalue weighted by Crippen LogP contribution is -2.30. The van der Waals surface area contributed by atoms with Gasteiger partial charge in [0.2, 0.25) is 0 Å². The van der Waals surface area contributed by atoms with E-state index in [0.29, 0.717) is 16.6 Å². The fourth-order valence-electron chi connectivity index (χ4n) is 2.02. The van der Waals surface area contributed by atoms with Gasteiger partial charge in [0.05, 0.1) is 12.2 Å². The highest BCUT2D eigenvalue weighted by Crippen LogP contribution is 2.31. The summed E-state index contributed by atoms with van der Waals surface area (Å²) in [7, 11) is 0. The van der Waals surface area contributed by atoms with E-state index in [4.69, 9.17) is 5.11 Å². The molecule has 0 amide bonds. The summed E-state index contributed by atoms with van der Waals surface area (Å²) in [5.74, 6) is -0.456. The van der Waals surface area contributed by atoms with Gasteiger partial charge < -0.3 is 15.5 Å². The smallest absolute Gasteiger partial charge is 0.335 e. The maximum absolute atomic E-state index is 11.5. The van der Waals surface area contributed by atoms with Crippen molar-refractivity contribution in [3.63, 3.8) is 0 Å². The van der Waals surface area contributed by atoms with E-state index in [1.165, 1.54) is 11.8 Å². The van der Waals surface area contributed by atoms with Crippen molar-refractivity contribution < 1.29 is 15.0 Å². The normalized spacial score (nSPS) is 18.5. The number of aliphatic imine (C=N–C) groups is 1. The van der Waals surface area contributed by atoms with Gasteiger partial charge in [-0.05, 0) is 12.5 Å². The van der Waals surface area contributed by atoms with Gasteiger partial charge >= 0.3 is 5.97 Å². The third kappa shape index (κ3) is 3.20. The largest absolute Gasteiger partial charge is 0.478 e. The number of aliphatic carboxylic acids is 1. The highest BCUT2D eigenvalue weighted by Gasteiger charge is 2.28. The van der Waals surface area contributed by atoms with E-state index in [9.17, 15) is 9.90 Å². The Labute approximate surface area is 121 Å². The molecule has 2 rings (SSSR count). The SMILES string of the molecule is CC1=C(C(=O)O)C(c2ccccc2)N=C(SCCO)N1. The predicted molar refractivity (Wildman–Crippen MR) is 79.6 cm³/mol. The summed E-state index contributed by atoms with van der Waals surface area (Å²) < 4.78 is 0. The zero-order valence-electron chi connectivity index (χ0n) is 11.0. The number of aliphatic hydroxyl groups is 1.